The standard InChI is InChI=1S/C5H10NO7P.Na/c7-4(8)1-6(2-5(9)10)3-14(11,12)13;/h1-3H2,(H,7,8)(H,9,10)(H2,11,12,13);. The Morgan fingerprint density at radius 3 is 1.60 bits per heavy atom. The molecule has 0 spiro atoms. The summed E-state index contributed by atoms with van der Waals surface area (Å²) >= 11 is 0. The molecular weight excluding hydrogens is 240 g/mol. The van der Waals surface area contributed by atoms with E-state index in [2.05, 4.69) is 0 Å². The van der Waals surface area contributed by atoms with E-state index in [1.54, 1.807) is 0 Å². The summed E-state index contributed by atoms with van der Waals surface area (Å²) in [6.45, 7) is -1.45. The number of carboxylic acids is 2. The van der Waals surface area contributed by atoms with E-state index >= 15 is 0 Å². The number of carbonyl (C=O) groups is 2. The minimum absolute atomic E-state index is 0. The average molecular weight is 250 g/mol. The van der Waals surface area contributed by atoms with Gasteiger partial charge >= 0.3 is 19.5 Å². The second-order valence-electron chi connectivity index (χ2n) is 2.58. The van der Waals surface area contributed by atoms with Crippen LogP contribution in [0, 0.1) is 0 Å². The second-order valence-corrected chi connectivity index (χ2v) is 4.19. The minimum Gasteiger partial charge on any atom is -0.480 e. The van der Waals surface area contributed by atoms with Crippen molar-refractivity contribution in [2.45, 2.75) is 0 Å². The molecule has 0 aliphatic rings. The first-order chi connectivity index (χ1) is 6.20. The first-order valence-corrected chi connectivity index (χ1v) is 5.21. The molecule has 0 aromatic rings. The normalized spacial score (nSPS) is 10.9. The van der Waals surface area contributed by atoms with E-state index in [0.29, 0.717) is 4.90 Å². The first-order valence-electron chi connectivity index (χ1n) is 3.41. The monoisotopic (exact) mass is 250 g/mol. The Labute approximate surface area is 107 Å². The molecule has 0 saturated carbocycles. The quantitative estimate of drug-likeness (QED) is 0.320. The van der Waals surface area contributed by atoms with Crippen LogP contribution in [0.1, 0.15) is 0 Å². The summed E-state index contributed by atoms with van der Waals surface area (Å²) in [7, 11) is -4.44. The number of nitrogens with zero attached hydrogens (tertiary/aromatic N) is 1. The zero-order valence-corrected chi connectivity index (χ0v) is 10.9. The van der Waals surface area contributed by atoms with Crippen LogP contribution in [0.3, 0.4) is 0 Å². The molecule has 0 bridgehead atoms. The molecule has 4 N–H and O–H groups in total. The number of carboxylic acid groups (broad SMARTS) is 2. The maximum absolute atomic E-state index is 10.5. The van der Waals surface area contributed by atoms with Crippen molar-refractivity contribution in [3.63, 3.8) is 0 Å². The molecule has 0 saturated heterocycles. The molecule has 0 fully saturated rings. The van der Waals surface area contributed by atoms with E-state index in [9.17, 15) is 14.2 Å². The SMILES string of the molecule is O=C(O)CN(CC(=O)O)CP(=O)(O)O.[Na]. The van der Waals surface area contributed by atoms with Gasteiger partial charge in [0.25, 0.3) is 0 Å². The van der Waals surface area contributed by atoms with E-state index < -0.39 is 38.9 Å². The molecule has 0 atom stereocenters. The van der Waals surface area contributed by atoms with Gasteiger partial charge in [-0.2, -0.15) is 0 Å². The van der Waals surface area contributed by atoms with Crippen molar-refractivity contribution in [1.29, 1.82) is 0 Å². The van der Waals surface area contributed by atoms with Gasteiger partial charge in [0.2, 0.25) is 0 Å². The van der Waals surface area contributed by atoms with Crippen LogP contribution in [-0.4, -0.2) is 85.8 Å². The molecule has 10 heteroatoms. The molecule has 0 amide bonds. The van der Waals surface area contributed by atoms with Crippen LogP contribution in [0.4, 0.5) is 0 Å². The zero-order valence-electron chi connectivity index (χ0n) is 8.03. The van der Waals surface area contributed by atoms with E-state index in [4.69, 9.17) is 20.0 Å². The summed E-state index contributed by atoms with van der Waals surface area (Å²) in [5, 5.41) is 16.6. The summed E-state index contributed by atoms with van der Waals surface area (Å²) in [6.07, 6.45) is -0.883. The van der Waals surface area contributed by atoms with Crippen molar-refractivity contribution in [1.82, 2.24) is 4.90 Å². The van der Waals surface area contributed by atoms with Crippen LogP contribution in [-0.2, 0) is 14.2 Å². The molecule has 8 nitrogen and oxygen atoms in total. The average Bonchev–Trinajstić information content (AvgIpc) is 1.77. The minimum atomic E-state index is -4.44. The van der Waals surface area contributed by atoms with Crippen molar-refractivity contribution in [3.8, 4) is 0 Å². The van der Waals surface area contributed by atoms with Gasteiger partial charge in [0.15, 0.2) is 0 Å². The fraction of sp³-hybridized carbons (Fsp3) is 0.600. The Hall–Kier alpha value is 0.0500. The molecule has 0 aliphatic heterocycles. The molecule has 0 aromatic heterocycles. The van der Waals surface area contributed by atoms with Gasteiger partial charge in [0, 0.05) is 29.6 Å². The molecule has 0 rings (SSSR count). The number of aliphatic carboxylic acids is 2. The maximum atomic E-state index is 10.5. The van der Waals surface area contributed by atoms with Crippen molar-refractivity contribution >= 4 is 49.1 Å². The zero-order chi connectivity index (χ0) is 11.4. The molecule has 0 unspecified atom stereocenters. The number of rotatable bonds is 6. The second kappa shape index (κ2) is 7.34. The van der Waals surface area contributed by atoms with E-state index in [0.717, 1.165) is 0 Å². The predicted octanol–water partition coefficient (Wildman–Crippen LogP) is -1.79. The third-order valence-corrected chi connectivity index (χ3v) is 1.87. The third-order valence-electron chi connectivity index (χ3n) is 1.10. The van der Waals surface area contributed by atoms with Gasteiger partial charge < -0.3 is 20.0 Å². The van der Waals surface area contributed by atoms with E-state index in [-0.39, 0.29) is 29.6 Å². The Bertz CT molecular complexity index is 261. The predicted molar refractivity (Wildman–Crippen MR) is 49.5 cm³/mol. The summed E-state index contributed by atoms with van der Waals surface area (Å²) in [5.41, 5.74) is 0. The molecule has 0 aliphatic carbocycles. The molecule has 0 aromatic carbocycles. The number of hydrogen-bond acceptors (Lipinski definition) is 4. The van der Waals surface area contributed by atoms with Crippen LogP contribution in [0.2, 0.25) is 0 Å². The summed E-state index contributed by atoms with van der Waals surface area (Å²) < 4.78 is 10.5. The van der Waals surface area contributed by atoms with Crippen LogP contribution >= 0.6 is 7.60 Å². The van der Waals surface area contributed by atoms with Crippen molar-refractivity contribution in [2.75, 3.05) is 19.4 Å². The van der Waals surface area contributed by atoms with Gasteiger partial charge in [0.05, 0.1) is 13.1 Å². The fourth-order valence-corrected chi connectivity index (χ4v) is 1.52. The van der Waals surface area contributed by atoms with Gasteiger partial charge in [-0.05, 0) is 0 Å². The maximum Gasteiger partial charge on any atom is 0.339 e. The Balaban J connectivity index is 0. The van der Waals surface area contributed by atoms with Crippen molar-refractivity contribution in [3.05, 3.63) is 0 Å². The molecular formula is C5H10NNaO7P. The molecule has 1 radical (unpaired) electrons. The summed E-state index contributed by atoms with van der Waals surface area (Å²) in [6, 6.07) is 0. The summed E-state index contributed by atoms with van der Waals surface area (Å²) in [5.74, 6) is -2.70. The first kappa shape index (κ1) is 17.4. The van der Waals surface area contributed by atoms with Gasteiger partial charge in [-0.3, -0.25) is 19.1 Å². The Kier molecular flexibility index (Phi) is 8.54. The van der Waals surface area contributed by atoms with E-state index in [1.165, 1.54) is 0 Å². The van der Waals surface area contributed by atoms with Crippen LogP contribution < -0.4 is 0 Å². The van der Waals surface area contributed by atoms with Crippen LogP contribution in [0.15, 0.2) is 0 Å². The fourth-order valence-electron chi connectivity index (χ4n) is 0.799. The Morgan fingerprint density at radius 1 is 1.07 bits per heavy atom. The van der Waals surface area contributed by atoms with Gasteiger partial charge in [-0.1, -0.05) is 0 Å². The smallest absolute Gasteiger partial charge is 0.339 e. The number of hydrogen-bond donors (Lipinski definition) is 4. The Morgan fingerprint density at radius 2 is 1.40 bits per heavy atom. The molecule has 0 heterocycles. The topological polar surface area (TPSA) is 135 Å². The van der Waals surface area contributed by atoms with E-state index in [1.807, 2.05) is 0 Å². The third kappa shape index (κ3) is 12.0. The van der Waals surface area contributed by atoms with Crippen LogP contribution in [0.25, 0.3) is 0 Å². The van der Waals surface area contributed by atoms with Crippen LogP contribution in [0.5, 0.6) is 0 Å². The summed E-state index contributed by atoms with van der Waals surface area (Å²) in [4.78, 5) is 38.0. The molecule has 15 heavy (non-hydrogen) atoms. The van der Waals surface area contributed by atoms with Crippen molar-refractivity contribution < 1.29 is 34.2 Å². The van der Waals surface area contributed by atoms with Gasteiger partial charge in [-0.25, -0.2) is 0 Å². The van der Waals surface area contributed by atoms with Crippen molar-refractivity contribution in [2.24, 2.45) is 0 Å². The van der Waals surface area contributed by atoms with Gasteiger partial charge in [0.1, 0.15) is 6.29 Å². The van der Waals surface area contributed by atoms with Gasteiger partial charge in [-0.15, -0.1) is 0 Å². The largest absolute Gasteiger partial charge is 0.480 e. The molecule has 83 valence electrons.